The van der Waals surface area contributed by atoms with Crippen LogP contribution in [0.1, 0.15) is 27.9 Å². The zero-order valence-corrected chi connectivity index (χ0v) is 61.1. The van der Waals surface area contributed by atoms with E-state index in [-0.39, 0.29) is 24.4 Å². The molecule has 0 saturated carbocycles. The van der Waals surface area contributed by atoms with E-state index >= 15 is 0 Å². The van der Waals surface area contributed by atoms with E-state index in [1.165, 1.54) is 33.7 Å². The molecule has 0 spiro atoms. The summed E-state index contributed by atoms with van der Waals surface area (Å²) >= 11 is 0. The molecule has 24 nitrogen and oxygen atoms in total. The van der Waals surface area contributed by atoms with Crippen LogP contribution in [0.15, 0.2) is 207 Å². The van der Waals surface area contributed by atoms with Gasteiger partial charge < -0.3 is 48.2 Å². The minimum atomic E-state index is -4.63. The predicted octanol–water partition coefficient (Wildman–Crippen LogP) is 14.4. The van der Waals surface area contributed by atoms with E-state index in [1.807, 2.05) is 139 Å². The number of aliphatic hydroxyl groups excluding tert-OH is 1. The lowest BCUT2D eigenvalue weighted by molar-refractivity contribution is -0.141. The first kappa shape index (κ1) is 75.2. The number of methoxy groups -OCH3 is 6. The lowest BCUT2D eigenvalue weighted by Gasteiger charge is -2.25. The third-order valence-corrected chi connectivity index (χ3v) is 17.1. The Morgan fingerprint density at radius 1 is 0.418 bits per heavy atom. The van der Waals surface area contributed by atoms with Gasteiger partial charge in [0.05, 0.1) is 166 Å². The fourth-order valence-electron chi connectivity index (χ4n) is 11.7. The number of rotatable bonds is 19. The predicted molar refractivity (Wildman–Crippen MR) is 413 cm³/mol. The van der Waals surface area contributed by atoms with Crippen molar-refractivity contribution in [2.24, 2.45) is 21.1 Å². The molecule has 0 unspecified atom stereocenters. The molecule has 0 saturated heterocycles. The Balaban J connectivity index is 0.000000154. The minimum absolute atomic E-state index is 0.0573. The summed E-state index contributed by atoms with van der Waals surface area (Å²) in [5, 5.41) is 40.2. The molecule has 6 heterocycles. The zero-order valence-electron chi connectivity index (χ0n) is 61.1. The third-order valence-electron chi connectivity index (χ3n) is 17.1. The van der Waals surface area contributed by atoms with Crippen LogP contribution in [0.4, 0.5) is 47.3 Å². The normalized spacial score (nSPS) is 10.8. The molecule has 0 aliphatic carbocycles. The summed E-state index contributed by atoms with van der Waals surface area (Å²) in [6.45, 7) is 0.832. The van der Waals surface area contributed by atoms with Gasteiger partial charge in [-0.3, -0.25) is 29.0 Å². The first-order valence-corrected chi connectivity index (χ1v) is 33.9. The van der Waals surface area contributed by atoms with Crippen LogP contribution in [0, 0.1) is 46.3 Å². The second-order valence-corrected chi connectivity index (χ2v) is 24.4. The molecule has 110 heavy (non-hydrogen) atoms. The van der Waals surface area contributed by atoms with E-state index < -0.39 is 11.9 Å². The van der Waals surface area contributed by atoms with Crippen molar-refractivity contribution in [1.29, 1.82) is 10.5 Å². The lowest BCUT2D eigenvalue weighted by Crippen LogP contribution is -2.21. The molecule has 0 aliphatic heterocycles. The van der Waals surface area contributed by atoms with Gasteiger partial charge in [-0.05, 0) is 91.0 Å². The highest BCUT2D eigenvalue weighted by Crippen LogP contribution is 2.40. The maximum Gasteiger partial charge on any atom is 0.435 e. The van der Waals surface area contributed by atoms with E-state index in [2.05, 4.69) is 76.0 Å². The topological polar surface area (TPSA) is 264 Å². The Kier molecular flexibility index (Phi) is 23.3. The number of benzene rings is 8. The van der Waals surface area contributed by atoms with E-state index in [1.54, 1.807) is 117 Å². The quantitative estimate of drug-likeness (QED) is 0.0737. The number of aliphatic hydroxyl groups is 1. The van der Waals surface area contributed by atoms with Crippen LogP contribution in [-0.2, 0) is 27.3 Å². The smallest absolute Gasteiger partial charge is 0.435 e. The summed E-state index contributed by atoms with van der Waals surface area (Å²) in [4.78, 5) is 33.6. The van der Waals surface area contributed by atoms with Crippen molar-refractivity contribution in [3.63, 3.8) is 0 Å². The molecule has 0 amide bonds. The molecule has 0 bridgehead atoms. The van der Waals surface area contributed by atoms with Crippen LogP contribution in [-0.4, -0.2) is 133 Å². The molecular formula is C83H70F3N17O7. The molecule has 550 valence electrons. The third kappa shape index (κ3) is 17.9. The summed E-state index contributed by atoms with van der Waals surface area (Å²) in [5.74, 6) is 16.6. The van der Waals surface area contributed by atoms with Gasteiger partial charge in [0.15, 0.2) is 5.69 Å². The number of fused-ring (bicyclic) bond motifs is 3. The van der Waals surface area contributed by atoms with Crippen molar-refractivity contribution >= 4 is 67.2 Å². The molecule has 27 heteroatoms. The summed E-state index contributed by atoms with van der Waals surface area (Å²) in [7, 11) is 14.7. The summed E-state index contributed by atoms with van der Waals surface area (Å²) in [5.41, 5.74) is 13.6. The van der Waals surface area contributed by atoms with E-state index in [4.69, 9.17) is 43.7 Å². The number of hydrogen-bond acceptors (Lipinski definition) is 21. The maximum atomic E-state index is 13.5. The molecule has 14 rings (SSSR count). The van der Waals surface area contributed by atoms with Crippen LogP contribution >= 0.6 is 0 Å². The van der Waals surface area contributed by atoms with Gasteiger partial charge in [0, 0.05) is 157 Å². The summed E-state index contributed by atoms with van der Waals surface area (Å²) in [6.07, 6.45) is 8.80. The van der Waals surface area contributed by atoms with Crippen molar-refractivity contribution in [3.05, 3.63) is 235 Å². The van der Waals surface area contributed by atoms with Crippen LogP contribution in [0.25, 0.3) is 66.9 Å². The Morgan fingerprint density at radius 3 is 1.22 bits per heavy atom. The van der Waals surface area contributed by atoms with Gasteiger partial charge in [0.25, 0.3) is 0 Å². The van der Waals surface area contributed by atoms with Crippen LogP contribution in [0.2, 0.25) is 0 Å². The van der Waals surface area contributed by atoms with Gasteiger partial charge in [-0.25, -0.2) is 15.0 Å². The number of nitrogens with zero attached hydrogens (tertiary/aromatic N) is 17. The van der Waals surface area contributed by atoms with Crippen molar-refractivity contribution in [1.82, 2.24) is 59.2 Å². The number of aryl methyl sites for hydroxylation is 3. The monoisotopic (exact) mass is 1470 g/mol. The Morgan fingerprint density at radius 2 is 0.818 bits per heavy atom. The highest BCUT2D eigenvalue weighted by atomic mass is 19.4. The lowest BCUT2D eigenvalue weighted by atomic mass is 10.1. The van der Waals surface area contributed by atoms with Gasteiger partial charge in [-0.15, -0.1) is 0 Å². The van der Waals surface area contributed by atoms with E-state index in [0.29, 0.717) is 86.7 Å². The zero-order chi connectivity index (χ0) is 77.4. The first-order valence-electron chi connectivity index (χ1n) is 33.9. The van der Waals surface area contributed by atoms with Gasteiger partial charge in [0.2, 0.25) is 0 Å². The SMILES string of the molecule is COc1cc(OC)cc(N(CC#Cc2ccc(C#N)cc2)c2ccc3ncc(-c4cnn(C)c4)nc3c2)c1.COc1cc(OC)cc(N(CC#Cc2ccccc2C#N)c2ccc3ncc(-c4cnn(C)c4)nc3c2)c1.COc1cc(OC)cc(N(CCO)c2ccc3ncc(-c4cn(C)nc4C(F)(F)F)nc3c2)c1. The van der Waals surface area contributed by atoms with Crippen LogP contribution in [0.3, 0.4) is 0 Å². The van der Waals surface area contributed by atoms with Crippen LogP contribution < -0.4 is 43.1 Å². The van der Waals surface area contributed by atoms with Crippen molar-refractivity contribution < 1.29 is 46.7 Å². The largest absolute Gasteiger partial charge is 0.497 e. The van der Waals surface area contributed by atoms with E-state index in [9.17, 15) is 23.5 Å². The second kappa shape index (κ2) is 34.1. The molecule has 8 aromatic carbocycles. The number of anilines is 6. The second-order valence-electron chi connectivity index (χ2n) is 24.4. The van der Waals surface area contributed by atoms with Crippen molar-refractivity contribution in [3.8, 4) is 104 Å². The molecule has 1 N–H and O–H groups in total. The fraction of sp³-hybridized carbons (Fsp3) is 0.169. The highest BCUT2D eigenvalue weighted by molar-refractivity contribution is 5.86. The molecule has 0 aliphatic rings. The van der Waals surface area contributed by atoms with Gasteiger partial charge in [-0.2, -0.15) is 39.0 Å². The van der Waals surface area contributed by atoms with Gasteiger partial charge in [-0.1, -0.05) is 35.8 Å². The Labute approximate surface area is 631 Å². The molecular weight excluding hydrogens is 1400 g/mol. The maximum absolute atomic E-state index is 13.5. The number of ether oxygens (including phenoxy) is 6. The van der Waals surface area contributed by atoms with Crippen LogP contribution in [0.5, 0.6) is 34.5 Å². The standard InChI is InChI=1S/2C30H24N6O2.C23H22F3N5O3/c1-35-20-23(18-33-35)30-19-32-28-11-10-24(15-29(28)34-30)36(25-13-26(37-2)16-27(14-25)38-3)12-4-5-21-6-8-22(17-31)9-7-21;1-35-20-23(18-33-35)30-19-32-28-11-10-24(15-29(28)34-30)36(25-13-26(37-2)16-27(14-25)38-3)12-6-9-21-7-4-5-8-22(21)17-31;1-30-13-18(22(29-30)23(24,25)26)21-12-27-19-5-4-14(10-20(19)28-21)31(6-7-32)15-8-16(33-2)11-17(9-15)34-3/h6-11,13-16,18-20H,12H2,1-3H3;4-5,7-8,10-11,13-16,18-20H,12H2,1-3H3;4-5,8-13,32H,6-7H2,1-3H3. The van der Waals surface area contributed by atoms with Crippen molar-refractivity contribution in [2.45, 2.75) is 6.18 Å². The number of hydrogen-bond donors (Lipinski definition) is 1. The Hall–Kier alpha value is -14.5. The van der Waals surface area contributed by atoms with Crippen molar-refractivity contribution in [2.75, 3.05) is 83.6 Å². The number of nitriles is 2. The van der Waals surface area contributed by atoms with E-state index in [0.717, 1.165) is 77.6 Å². The molecule has 0 atom stereocenters. The number of halogens is 3. The first-order chi connectivity index (χ1) is 53.4. The fourth-order valence-corrected chi connectivity index (χ4v) is 11.7. The summed E-state index contributed by atoms with van der Waals surface area (Å²) in [6, 6.07) is 52.6. The average Bonchev–Trinajstić information content (AvgIpc) is 1.46. The molecule has 0 radical (unpaired) electrons. The average molecular weight is 1470 g/mol. The minimum Gasteiger partial charge on any atom is -0.497 e. The summed E-state index contributed by atoms with van der Waals surface area (Å²) < 4.78 is 77.7. The molecule has 14 aromatic rings. The Bertz CT molecular complexity index is 5820. The molecule has 6 aromatic heterocycles. The van der Waals surface area contributed by atoms with Gasteiger partial charge >= 0.3 is 6.18 Å². The number of aromatic nitrogens is 12. The van der Waals surface area contributed by atoms with Gasteiger partial charge in [0.1, 0.15) is 40.6 Å². The molecule has 0 fully saturated rings. The highest BCUT2D eigenvalue weighted by Gasteiger charge is 2.38. The number of alkyl halides is 3.